The molecule has 0 fully saturated rings. The average Bonchev–Trinajstić information content (AvgIpc) is 3.42. The van der Waals surface area contributed by atoms with Gasteiger partial charge in [0.05, 0.1) is 24.0 Å². The highest BCUT2D eigenvalue weighted by atomic mass is 32.2. The van der Waals surface area contributed by atoms with Gasteiger partial charge < -0.3 is 15.2 Å². The number of fused-ring (bicyclic) bond motifs is 2. The SMILES string of the molecule is CN1C(=O)[C@@H](NC(=O)c2cnn(Cc3ccccc3)c2)CSc2cc3[nH]ccc3cc21. The van der Waals surface area contributed by atoms with Crippen LogP contribution >= 0.6 is 11.8 Å². The molecule has 156 valence electrons. The Labute approximate surface area is 183 Å². The normalized spacial score (nSPS) is 16.2. The maximum absolute atomic E-state index is 13.1. The Hall–Kier alpha value is -3.52. The summed E-state index contributed by atoms with van der Waals surface area (Å²) in [7, 11) is 1.75. The van der Waals surface area contributed by atoms with Crippen LogP contribution in [0.4, 0.5) is 5.69 Å². The largest absolute Gasteiger partial charge is 0.361 e. The number of thioether (sulfide) groups is 1. The molecule has 8 heteroatoms. The summed E-state index contributed by atoms with van der Waals surface area (Å²) < 4.78 is 1.72. The molecule has 2 amide bonds. The minimum Gasteiger partial charge on any atom is -0.361 e. The van der Waals surface area contributed by atoms with Crippen LogP contribution in [0.15, 0.2) is 72.0 Å². The second kappa shape index (κ2) is 7.96. The molecule has 4 aromatic rings. The van der Waals surface area contributed by atoms with Gasteiger partial charge in [-0.3, -0.25) is 14.3 Å². The van der Waals surface area contributed by atoms with Crippen LogP contribution in [0.2, 0.25) is 0 Å². The van der Waals surface area contributed by atoms with Crippen LogP contribution in [0.25, 0.3) is 10.9 Å². The summed E-state index contributed by atoms with van der Waals surface area (Å²) in [6, 6.07) is 15.3. The van der Waals surface area contributed by atoms with Crippen molar-refractivity contribution in [1.29, 1.82) is 0 Å². The lowest BCUT2D eigenvalue weighted by Crippen LogP contribution is -2.48. The molecule has 1 aliphatic heterocycles. The molecule has 1 atom stereocenters. The van der Waals surface area contributed by atoms with Crippen LogP contribution in [0.1, 0.15) is 15.9 Å². The molecule has 31 heavy (non-hydrogen) atoms. The lowest BCUT2D eigenvalue weighted by atomic mass is 10.2. The lowest BCUT2D eigenvalue weighted by molar-refractivity contribution is -0.119. The molecule has 0 spiro atoms. The maximum Gasteiger partial charge on any atom is 0.255 e. The van der Waals surface area contributed by atoms with E-state index in [1.165, 1.54) is 6.20 Å². The zero-order valence-electron chi connectivity index (χ0n) is 16.9. The van der Waals surface area contributed by atoms with Crippen LogP contribution in [-0.2, 0) is 11.3 Å². The molecule has 0 radical (unpaired) electrons. The van der Waals surface area contributed by atoms with E-state index in [0.717, 1.165) is 27.0 Å². The Balaban J connectivity index is 1.31. The minimum absolute atomic E-state index is 0.133. The van der Waals surface area contributed by atoms with Gasteiger partial charge in [0, 0.05) is 41.0 Å². The van der Waals surface area contributed by atoms with Gasteiger partial charge in [-0.05, 0) is 23.8 Å². The highest BCUT2D eigenvalue weighted by Gasteiger charge is 2.30. The first-order valence-electron chi connectivity index (χ1n) is 9.97. The van der Waals surface area contributed by atoms with Crippen molar-refractivity contribution in [1.82, 2.24) is 20.1 Å². The molecule has 2 aromatic carbocycles. The third kappa shape index (κ3) is 3.82. The molecular weight excluding hydrogens is 410 g/mol. The predicted molar refractivity (Wildman–Crippen MR) is 121 cm³/mol. The lowest BCUT2D eigenvalue weighted by Gasteiger charge is -2.21. The third-order valence-corrected chi connectivity index (χ3v) is 6.55. The van der Waals surface area contributed by atoms with Crippen molar-refractivity contribution in [3.8, 4) is 0 Å². The maximum atomic E-state index is 13.1. The number of benzene rings is 2. The molecule has 0 aliphatic carbocycles. The van der Waals surface area contributed by atoms with E-state index < -0.39 is 6.04 Å². The van der Waals surface area contributed by atoms with Gasteiger partial charge in [0.2, 0.25) is 5.91 Å². The number of nitrogens with one attached hydrogen (secondary N) is 2. The number of rotatable bonds is 4. The number of amides is 2. The molecule has 0 saturated heterocycles. The van der Waals surface area contributed by atoms with E-state index in [0.29, 0.717) is 17.9 Å². The van der Waals surface area contributed by atoms with Crippen molar-refractivity contribution < 1.29 is 9.59 Å². The number of aromatic amines is 1. The quantitative estimate of drug-likeness (QED) is 0.520. The fourth-order valence-electron chi connectivity index (χ4n) is 3.73. The Morgan fingerprint density at radius 1 is 1.26 bits per heavy atom. The number of anilines is 1. The van der Waals surface area contributed by atoms with Crippen molar-refractivity contribution >= 4 is 40.2 Å². The molecule has 2 aromatic heterocycles. The van der Waals surface area contributed by atoms with Gasteiger partial charge in [0.1, 0.15) is 6.04 Å². The summed E-state index contributed by atoms with van der Waals surface area (Å²) in [5, 5.41) is 8.23. The summed E-state index contributed by atoms with van der Waals surface area (Å²) >= 11 is 1.57. The van der Waals surface area contributed by atoms with Crippen molar-refractivity contribution in [2.75, 3.05) is 17.7 Å². The Kier molecular flexibility index (Phi) is 4.99. The molecule has 3 heterocycles. The van der Waals surface area contributed by atoms with E-state index in [1.54, 1.807) is 34.6 Å². The Morgan fingerprint density at radius 3 is 2.94 bits per heavy atom. The van der Waals surface area contributed by atoms with E-state index in [9.17, 15) is 9.59 Å². The smallest absolute Gasteiger partial charge is 0.255 e. The van der Waals surface area contributed by atoms with E-state index in [1.807, 2.05) is 48.7 Å². The van der Waals surface area contributed by atoms with E-state index in [4.69, 9.17) is 0 Å². The fraction of sp³-hybridized carbons (Fsp3) is 0.174. The van der Waals surface area contributed by atoms with Crippen LogP contribution in [0.3, 0.4) is 0 Å². The van der Waals surface area contributed by atoms with Crippen molar-refractivity contribution in [3.05, 3.63) is 78.2 Å². The number of hydrogen-bond donors (Lipinski definition) is 2. The highest BCUT2D eigenvalue weighted by Crippen LogP contribution is 2.36. The number of hydrogen-bond acceptors (Lipinski definition) is 4. The van der Waals surface area contributed by atoms with Gasteiger partial charge in [-0.2, -0.15) is 5.10 Å². The number of aromatic nitrogens is 3. The van der Waals surface area contributed by atoms with Crippen molar-refractivity contribution in [2.45, 2.75) is 17.5 Å². The summed E-state index contributed by atoms with van der Waals surface area (Å²) in [5.74, 6) is 0.0302. The van der Waals surface area contributed by atoms with Gasteiger partial charge in [-0.15, -0.1) is 11.8 Å². The molecule has 5 rings (SSSR count). The van der Waals surface area contributed by atoms with Gasteiger partial charge in [-0.25, -0.2) is 0 Å². The Bertz CT molecular complexity index is 1260. The third-order valence-electron chi connectivity index (χ3n) is 5.42. The van der Waals surface area contributed by atoms with E-state index >= 15 is 0 Å². The summed E-state index contributed by atoms with van der Waals surface area (Å²) in [5.41, 5.74) is 3.42. The first-order valence-corrected chi connectivity index (χ1v) is 11.0. The molecule has 0 unspecified atom stereocenters. The molecule has 0 saturated carbocycles. The molecule has 0 bridgehead atoms. The second-order valence-electron chi connectivity index (χ2n) is 7.53. The molecule has 2 N–H and O–H groups in total. The van der Waals surface area contributed by atoms with Gasteiger partial charge in [0.15, 0.2) is 0 Å². The highest BCUT2D eigenvalue weighted by molar-refractivity contribution is 7.99. The Morgan fingerprint density at radius 2 is 2.10 bits per heavy atom. The first-order chi connectivity index (χ1) is 15.1. The van der Waals surface area contributed by atoms with Gasteiger partial charge >= 0.3 is 0 Å². The standard InChI is InChI=1S/C23H21N5O2S/c1-27-20-9-16-7-8-24-18(16)10-21(20)31-14-19(23(27)30)26-22(29)17-11-25-28(13-17)12-15-5-3-2-4-6-15/h2-11,13,19,24H,12,14H2,1H3,(H,26,29)/t19-/m0/s1. The number of likely N-dealkylation sites (N-methyl/N-ethyl adjacent to an activating group) is 1. The first kappa shape index (κ1) is 19.4. The summed E-state index contributed by atoms with van der Waals surface area (Å²) in [6.07, 6.45) is 5.13. The average molecular weight is 432 g/mol. The van der Waals surface area contributed by atoms with Crippen molar-refractivity contribution in [2.24, 2.45) is 0 Å². The molecule has 1 aliphatic rings. The fourth-order valence-corrected chi connectivity index (χ4v) is 4.84. The zero-order chi connectivity index (χ0) is 21.4. The summed E-state index contributed by atoms with van der Waals surface area (Å²) in [6.45, 7) is 0.581. The number of H-pyrrole nitrogens is 1. The second-order valence-corrected chi connectivity index (χ2v) is 8.59. The topological polar surface area (TPSA) is 83.0 Å². The zero-order valence-corrected chi connectivity index (χ0v) is 17.7. The number of nitrogens with zero attached hydrogens (tertiary/aromatic N) is 3. The van der Waals surface area contributed by atoms with Crippen molar-refractivity contribution in [3.63, 3.8) is 0 Å². The monoisotopic (exact) mass is 431 g/mol. The van der Waals surface area contributed by atoms with E-state index in [-0.39, 0.29) is 11.8 Å². The van der Waals surface area contributed by atoms with Gasteiger partial charge in [0.25, 0.3) is 5.91 Å². The summed E-state index contributed by atoms with van der Waals surface area (Å²) in [4.78, 5) is 31.7. The predicted octanol–water partition coefficient (Wildman–Crippen LogP) is 3.28. The van der Waals surface area contributed by atoms with Gasteiger partial charge in [-0.1, -0.05) is 30.3 Å². The van der Waals surface area contributed by atoms with Crippen LogP contribution in [-0.4, -0.2) is 45.4 Å². The van der Waals surface area contributed by atoms with E-state index in [2.05, 4.69) is 21.5 Å². The molecular formula is C23H21N5O2S. The van der Waals surface area contributed by atoms with Crippen LogP contribution in [0, 0.1) is 0 Å². The minimum atomic E-state index is -0.620. The van der Waals surface area contributed by atoms with Crippen LogP contribution < -0.4 is 10.2 Å². The molecule has 7 nitrogen and oxygen atoms in total. The van der Waals surface area contributed by atoms with Crippen LogP contribution in [0.5, 0.6) is 0 Å². The number of carbonyl (C=O) groups is 2. The number of carbonyl (C=O) groups excluding carboxylic acids is 2.